The van der Waals surface area contributed by atoms with Crippen molar-refractivity contribution in [1.82, 2.24) is 24.3 Å². The molecule has 1 saturated heterocycles. The molecule has 1 aliphatic heterocycles. The molecule has 0 radical (unpaired) electrons. The van der Waals surface area contributed by atoms with Gasteiger partial charge in [0.05, 0.1) is 53.6 Å². The highest BCUT2D eigenvalue weighted by molar-refractivity contribution is 5.98. The summed E-state index contributed by atoms with van der Waals surface area (Å²) in [4.78, 5) is 27.2. The molecule has 2 N–H and O–H groups in total. The molecule has 4 aromatic rings. The summed E-state index contributed by atoms with van der Waals surface area (Å²) in [5.74, 6) is -1.19. The van der Waals surface area contributed by atoms with E-state index in [1.807, 2.05) is 0 Å². The Kier molecular flexibility index (Phi) is 5.12. The lowest BCUT2D eigenvalue weighted by Crippen LogP contribution is -2.47. The number of hydrogen-bond donors (Lipinski definition) is 1. The van der Waals surface area contributed by atoms with Crippen molar-refractivity contribution in [3.8, 4) is 0 Å². The highest BCUT2D eigenvalue weighted by atomic mass is 19.3. The van der Waals surface area contributed by atoms with Crippen LogP contribution in [-0.4, -0.2) is 49.4 Å². The number of aromatic nitrogens is 4. The molecular formula is C22H19F3N6O2. The molecule has 3 aromatic heterocycles. The molecule has 170 valence electrons. The lowest BCUT2D eigenvalue weighted by molar-refractivity contribution is -0.0461. The summed E-state index contributed by atoms with van der Waals surface area (Å²) >= 11 is 0. The topological polar surface area (TPSA) is 98.6 Å². The number of morpholine rings is 1. The number of imidazole rings is 1. The van der Waals surface area contributed by atoms with Gasteiger partial charge in [-0.2, -0.15) is 0 Å². The van der Waals surface area contributed by atoms with Gasteiger partial charge in [-0.15, -0.1) is 0 Å². The van der Waals surface area contributed by atoms with E-state index >= 15 is 4.39 Å². The Labute approximate surface area is 185 Å². The number of benzene rings is 1. The number of carbonyl (C=O) groups excluding carboxylic acids is 1. The number of pyridine rings is 1. The molecule has 1 aromatic carbocycles. The second-order valence-corrected chi connectivity index (χ2v) is 7.87. The van der Waals surface area contributed by atoms with E-state index in [1.165, 1.54) is 35.6 Å². The quantitative estimate of drug-likeness (QED) is 0.506. The Hall–Kier alpha value is -3.73. The molecule has 4 heterocycles. The Morgan fingerprint density at radius 3 is 2.85 bits per heavy atom. The van der Waals surface area contributed by atoms with E-state index in [2.05, 4.69) is 15.0 Å². The Morgan fingerprint density at radius 2 is 2.06 bits per heavy atom. The van der Waals surface area contributed by atoms with Crippen LogP contribution in [0.5, 0.6) is 0 Å². The van der Waals surface area contributed by atoms with Crippen LogP contribution < -0.4 is 5.73 Å². The Morgan fingerprint density at radius 1 is 1.24 bits per heavy atom. The Bertz CT molecular complexity index is 1380. The maximum Gasteiger partial charge on any atom is 0.280 e. The summed E-state index contributed by atoms with van der Waals surface area (Å²) in [6, 6.07) is 6.01. The second kappa shape index (κ2) is 8.00. The van der Waals surface area contributed by atoms with Gasteiger partial charge in [-0.25, -0.2) is 28.1 Å². The van der Waals surface area contributed by atoms with Crippen LogP contribution in [0.3, 0.4) is 0 Å². The summed E-state index contributed by atoms with van der Waals surface area (Å²) in [6.45, 7) is 1.96. The molecule has 8 nitrogen and oxygen atoms in total. The molecule has 0 bridgehead atoms. The van der Waals surface area contributed by atoms with Crippen molar-refractivity contribution in [2.24, 2.45) is 0 Å². The number of fused-ring (bicyclic) bond motifs is 3. The van der Waals surface area contributed by atoms with Crippen molar-refractivity contribution in [3.05, 3.63) is 65.6 Å². The molecule has 1 fully saturated rings. The van der Waals surface area contributed by atoms with Crippen LogP contribution in [0, 0.1) is 5.82 Å². The number of ether oxygens (including phenoxy) is 1. The first-order valence-electron chi connectivity index (χ1n) is 10.2. The summed E-state index contributed by atoms with van der Waals surface area (Å²) in [6.07, 6.45) is -0.0586. The molecule has 0 spiro atoms. The van der Waals surface area contributed by atoms with Crippen molar-refractivity contribution < 1.29 is 22.7 Å². The molecule has 33 heavy (non-hydrogen) atoms. The third kappa shape index (κ3) is 3.63. The van der Waals surface area contributed by atoms with Crippen LogP contribution in [0.25, 0.3) is 16.6 Å². The lowest BCUT2D eigenvalue weighted by Gasteiger charge is -2.38. The fraction of sp³-hybridized carbons (Fsp3) is 0.273. The molecule has 1 amide bonds. The first kappa shape index (κ1) is 21.1. The average Bonchev–Trinajstić information content (AvgIpc) is 3.29. The Balaban J connectivity index is 1.59. The summed E-state index contributed by atoms with van der Waals surface area (Å²) in [7, 11) is 0. The third-order valence-corrected chi connectivity index (χ3v) is 5.68. The molecular weight excluding hydrogens is 437 g/mol. The zero-order valence-electron chi connectivity index (χ0n) is 17.5. The summed E-state index contributed by atoms with van der Waals surface area (Å²) in [5.41, 5.74) is 6.83. The maximum atomic E-state index is 15.1. The molecule has 1 aliphatic rings. The zero-order valence-corrected chi connectivity index (χ0v) is 17.5. The fourth-order valence-corrected chi connectivity index (χ4v) is 4.06. The van der Waals surface area contributed by atoms with E-state index in [4.69, 9.17) is 10.5 Å². The van der Waals surface area contributed by atoms with Gasteiger partial charge in [0, 0.05) is 12.6 Å². The molecule has 5 rings (SSSR count). The maximum absolute atomic E-state index is 15.1. The normalized spacial score (nSPS) is 19.0. The number of anilines is 1. The monoisotopic (exact) mass is 456 g/mol. The minimum Gasteiger partial charge on any atom is -0.382 e. The van der Waals surface area contributed by atoms with Gasteiger partial charge in [-0.1, -0.05) is 6.07 Å². The number of carbonyl (C=O) groups is 1. The van der Waals surface area contributed by atoms with Crippen molar-refractivity contribution in [2.45, 2.75) is 25.5 Å². The van der Waals surface area contributed by atoms with Crippen molar-refractivity contribution in [1.29, 1.82) is 0 Å². The average molecular weight is 456 g/mol. The minimum atomic E-state index is -2.76. The van der Waals surface area contributed by atoms with E-state index in [-0.39, 0.29) is 41.8 Å². The minimum absolute atomic E-state index is 0.0473. The lowest BCUT2D eigenvalue weighted by atomic mass is 10.1. The van der Waals surface area contributed by atoms with Crippen molar-refractivity contribution in [3.63, 3.8) is 0 Å². The molecule has 11 heteroatoms. The number of nitrogens with zero attached hydrogens (tertiary/aromatic N) is 5. The van der Waals surface area contributed by atoms with Crippen LogP contribution >= 0.6 is 0 Å². The van der Waals surface area contributed by atoms with Crippen molar-refractivity contribution in [2.75, 3.05) is 18.9 Å². The van der Waals surface area contributed by atoms with Crippen LogP contribution in [-0.2, 0) is 4.74 Å². The zero-order chi connectivity index (χ0) is 23.3. The number of amides is 1. The van der Waals surface area contributed by atoms with Gasteiger partial charge < -0.3 is 15.4 Å². The summed E-state index contributed by atoms with van der Waals surface area (Å²) < 4.78 is 48.7. The highest BCUT2D eigenvalue weighted by Crippen LogP contribution is 2.30. The third-order valence-electron chi connectivity index (χ3n) is 5.68. The molecule has 0 aliphatic carbocycles. The smallest absolute Gasteiger partial charge is 0.280 e. The van der Waals surface area contributed by atoms with E-state index in [0.29, 0.717) is 11.0 Å². The molecule has 0 saturated carbocycles. The number of alkyl halides is 2. The van der Waals surface area contributed by atoms with Crippen LogP contribution in [0.2, 0.25) is 0 Å². The largest absolute Gasteiger partial charge is 0.382 e. The molecule has 2 atom stereocenters. The number of nitrogen functional groups attached to an aromatic ring is 1. The predicted molar refractivity (Wildman–Crippen MR) is 113 cm³/mol. The van der Waals surface area contributed by atoms with Crippen LogP contribution in [0.15, 0.2) is 42.9 Å². The number of halogens is 3. The van der Waals surface area contributed by atoms with Gasteiger partial charge in [-0.3, -0.25) is 9.20 Å². The standard InChI is InChI=1S/C22H19F3N6O2/c1-11-8-30(19(9-33-11)14-3-2-4-15(28-14)20(24)25)22(32)12-5-17-16(6-13(12)23)29-21(26)18-7-27-10-31(17)18/h2-7,10-11,19-20H,8-9H2,1H3,(H2,26,29)/t11-,19-/m1/s1. The van der Waals surface area contributed by atoms with E-state index in [1.54, 1.807) is 17.4 Å². The first-order valence-corrected chi connectivity index (χ1v) is 10.2. The number of rotatable bonds is 3. The van der Waals surface area contributed by atoms with E-state index < -0.39 is 29.9 Å². The van der Waals surface area contributed by atoms with Crippen LogP contribution in [0.4, 0.5) is 19.0 Å². The van der Waals surface area contributed by atoms with Gasteiger partial charge in [0.25, 0.3) is 12.3 Å². The van der Waals surface area contributed by atoms with E-state index in [0.717, 1.165) is 6.07 Å². The molecule has 0 unspecified atom stereocenters. The van der Waals surface area contributed by atoms with Gasteiger partial charge in [0.2, 0.25) is 0 Å². The summed E-state index contributed by atoms with van der Waals surface area (Å²) in [5, 5.41) is 0. The van der Waals surface area contributed by atoms with E-state index in [9.17, 15) is 13.6 Å². The first-order chi connectivity index (χ1) is 15.8. The van der Waals surface area contributed by atoms with Gasteiger partial charge in [0.15, 0.2) is 0 Å². The number of nitrogens with two attached hydrogens (primary N) is 1. The van der Waals surface area contributed by atoms with Gasteiger partial charge in [-0.05, 0) is 25.1 Å². The van der Waals surface area contributed by atoms with Crippen molar-refractivity contribution >= 4 is 28.3 Å². The SMILES string of the molecule is C[C@@H]1CN(C(=O)c2cc3c(cc2F)nc(N)c2cncn23)[C@@H](c2cccc(C(F)F)n2)CO1. The van der Waals surface area contributed by atoms with Gasteiger partial charge in [0.1, 0.15) is 22.8 Å². The van der Waals surface area contributed by atoms with Crippen LogP contribution in [0.1, 0.15) is 41.1 Å². The predicted octanol–water partition coefficient (Wildman–Crippen LogP) is 3.54. The van der Waals surface area contributed by atoms with Gasteiger partial charge >= 0.3 is 0 Å². The second-order valence-electron chi connectivity index (χ2n) is 7.87. The fourth-order valence-electron chi connectivity index (χ4n) is 4.06. The highest BCUT2D eigenvalue weighted by Gasteiger charge is 2.35. The number of hydrogen-bond acceptors (Lipinski definition) is 6.